The van der Waals surface area contributed by atoms with Gasteiger partial charge in [-0.1, -0.05) is 74.5 Å². The average molecular weight is 588 g/mol. The number of hydrogen-bond acceptors (Lipinski definition) is 5. The molecule has 3 N–H and O–H groups in total. The third-order valence-corrected chi connectivity index (χ3v) is 6.67. The van der Waals surface area contributed by atoms with Crippen molar-refractivity contribution in [2.45, 2.75) is 85.6 Å². The molecule has 3 aromatic rings. The summed E-state index contributed by atoms with van der Waals surface area (Å²) in [5.41, 5.74) is 3.68. The Balaban J connectivity index is 1.72. The van der Waals surface area contributed by atoms with Gasteiger partial charge in [0.15, 0.2) is 0 Å². The minimum Gasteiger partial charge on any atom is -0.489 e. The van der Waals surface area contributed by atoms with E-state index < -0.39 is 35.6 Å². The molecule has 0 aliphatic rings. The number of para-hydroxylation sites is 1. The van der Waals surface area contributed by atoms with Gasteiger partial charge in [-0.3, -0.25) is 4.79 Å². The van der Waals surface area contributed by atoms with Gasteiger partial charge in [0.1, 0.15) is 30.0 Å². The van der Waals surface area contributed by atoms with Crippen molar-refractivity contribution < 1.29 is 23.9 Å². The molecule has 0 heterocycles. The van der Waals surface area contributed by atoms with Crippen LogP contribution in [0.15, 0.2) is 72.8 Å². The van der Waals surface area contributed by atoms with Crippen LogP contribution < -0.4 is 20.7 Å². The summed E-state index contributed by atoms with van der Waals surface area (Å²) in [7, 11) is 0. The molecule has 43 heavy (non-hydrogen) atoms. The summed E-state index contributed by atoms with van der Waals surface area (Å²) in [5.74, 6) is -0.196. The number of rotatable bonds is 12. The van der Waals surface area contributed by atoms with E-state index in [9.17, 15) is 14.4 Å². The number of carbonyl (C=O) groups is 3. The first-order valence-corrected chi connectivity index (χ1v) is 14.7. The van der Waals surface area contributed by atoms with E-state index in [2.05, 4.69) is 16.0 Å². The van der Waals surface area contributed by atoms with Crippen LogP contribution in [0.1, 0.15) is 63.3 Å². The smallest absolute Gasteiger partial charge is 0.329 e. The van der Waals surface area contributed by atoms with Gasteiger partial charge in [-0.15, -0.1) is 0 Å². The summed E-state index contributed by atoms with van der Waals surface area (Å²) in [4.78, 5) is 39.8. The number of nitrogens with one attached hydrogen (secondary N) is 3. The minimum atomic E-state index is -0.957. The van der Waals surface area contributed by atoms with Crippen molar-refractivity contribution in [3.05, 3.63) is 95.1 Å². The molecule has 8 nitrogen and oxygen atoms in total. The standard InChI is InChI=1S/C35H45N3O5/c1-23(2)20-29(37-34(41)38-31-24(3)12-11-13-25(31)4)32(39)36-30(33(40)43-35(5,6)7)21-26-16-18-28(19-17-26)42-22-27-14-9-8-10-15-27/h8-19,23,29-30H,20-22H2,1-7H3,(H,36,39)(H2,37,38,41)/t29-,30-/m0/s1. The molecule has 0 radical (unpaired) electrons. The van der Waals surface area contributed by atoms with Crippen LogP contribution >= 0.6 is 0 Å². The highest BCUT2D eigenvalue weighted by Crippen LogP contribution is 2.20. The highest BCUT2D eigenvalue weighted by molar-refractivity contribution is 5.95. The number of carbonyl (C=O) groups excluding carboxylic acids is 3. The number of anilines is 1. The molecule has 0 spiro atoms. The Morgan fingerprint density at radius 1 is 0.767 bits per heavy atom. The second-order valence-corrected chi connectivity index (χ2v) is 12.3. The van der Waals surface area contributed by atoms with Crippen LogP contribution in [0, 0.1) is 19.8 Å². The Kier molecular flexibility index (Phi) is 11.8. The number of hydrogen-bond donors (Lipinski definition) is 3. The summed E-state index contributed by atoms with van der Waals surface area (Å²) in [6.45, 7) is 13.5. The number of ether oxygens (including phenoxy) is 2. The van der Waals surface area contributed by atoms with Crippen LogP contribution in [0.5, 0.6) is 5.75 Å². The van der Waals surface area contributed by atoms with Crippen LogP contribution in [0.25, 0.3) is 0 Å². The van der Waals surface area contributed by atoms with Crippen molar-refractivity contribution in [1.29, 1.82) is 0 Å². The van der Waals surface area contributed by atoms with E-state index in [1.165, 1.54) is 0 Å². The second kappa shape index (κ2) is 15.2. The third-order valence-electron chi connectivity index (χ3n) is 6.67. The molecule has 0 aliphatic carbocycles. The molecule has 3 rings (SSSR count). The minimum absolute atomic E-state index is 0.111. The maximum absolute atomic E-state index is 13.6. The number of esters is 1. The predicted octanol–water partition coefficient (Wildman–Crippen LogP) is 6.49. The summed E-state index contributed by atoms with van der Waals surface area (Å²) in [6.07, 6.45) is 0.600. The fourth-order valence-electron chi connectivity index (χ4n) is 4.56. The van der Waals surface area contributed by atoms with Crippen molar-refractivity contribution in [1.82, 2.24) is 10.6 Å². The van der Waals surface area contributed by atoms with E-state index in [-0.39, 0.29) is 12.3 Å². The van der Waals surface area contributed by atoms with Gasteiger partial charge < -0.3 is 25.4 Å². The Morgan fingerprint density at radius 2 is 1.40 bits per heavy atom. The van der Waals surface area contributed by atoms with Crippen LogP contribution in [0.2, 0.25) is 0 Å². The molecule has 0 saturated heterocycles. The fraction of sp³-hybridized carbons (Fsp3) is 0.400. The molecule has 2 atom stereocenters. The molecule has 230 valence electrons. The van der Waals surface area contributed by atoms with Gasteiger partial charge in [0.05, 0.1) is 0 Å². The van der Waals surface area contributed by atoms with Crippen molar-refractivity contribution in [2.24, 2.45) is 5.92 Å². The number of aryl methyl sites for hydroxylation is 2. The second-order valence-electron chi connectivity index (χ2n) is 12.3. The van der Waals surface area contributed by atoms with Gasteiger partial charge in [0.2, 0.25) is 5.91 Å². The van der Waals surface area contributed by atoms with E-state index >= 15 is 0 Å². The molecule has 0 aliphatic heterocycles. The Bertz CT molecular complexity index is 1340. The van der Waals surface area contributed by atoms with Crippen molar-refractivity contribution in [2.75, 3.05) is 5.32 Å². The van der Waals surface area contributed by atoms with E-state index in [0.29, 0.717) is 24.5 Å². The van der Waals surface area contributed by atoms with E-state index in [1.807, 2.05) is 100 Å². The molecule has 0 aromatic heterocycles. The summed E-state index contributed by atoms with van der Waals surface area (Å²) >= 11 is 0. The average Bonchev–Trinajstić information content (AvgIpc) is 2.93. The topological polar surface area (TPSA) is 106 Å². The van der Waals surface area contributed by atoms with Crippen molar-refractivity contribution in [3.8, 4) is 5.75 Å². The van der Waals surface area contributed by atoms with Crippen LogP contribution in [-0.2, 0) is 27.4 Å². The van der Waals surface area contributed by atoms with Crippen LogP contribution in [0.4, 0.5) is 10.5 Å². The predicted molar refractivity (Wildman–Crippen MR) is 170 cm³/mol. The SMILES string of the molecule is Cc1cccc(C)c1NC(=O)N[C@@H](CC(C)C)C(=O)N[C@@H](Cc1ccc(OCc2ccccc2)cc1)C(=O)OC(C)(C)C. The van der Waals surface area contributed by atoms with Crippen LogP contribution in [0.3, 0.4) is 0 Å². The highest BCUT2D eigenvalue weighted by Gasteiger charge is 2.31. The lowest BCUT2D eigenvalue weighted by Crippen LogP contribution is -2.54. The number of benzene rings is 3. The Labute approximate surface area is 255 Å². The lowest BCUT2D eigenvalue weighted by molar-refractivity contribution is -0.158. The number of amides is 3. The van der Waals surface area contributed by atoms with Gasteiger partial charge in [-0.05, 0) is 81.3 Å². The molecule has 0 unspecified atom stereocenters. The molecule has 0 fully saturated rings. The molecule has 0 bridgehead atoms. The Morgan fingerprint density at radius 3 is 1.98 bits per heavy atom. The van der Waals surface area contributed by atoms with Crippen molar-refractivity contribution in [3.63, 3.8) is 0 Å². The first-order chi connectivity index (χ1) is 20.3. The monoisotopic (exact) mass is 587 g/mol. The number of urea groups is 1. The quantitative estimate of drug-likeness (QED) is 0.210. The largest absolute Gasteiger partial charge is 0.489 e. The molecule has 3 amide bonds. The lowest BCUT2D eigenvalue weighted by atomic mass is 10.0. The molecule has 3 aromatic carbocycles. The summed E-state index contributed by atoms with van der Waals surface area (Å²) in [5, 5.41) is 8.55. The zero-order chi connectivity index (χ0) is 31.6. The zero-order valence-corrected chi connectivity index (χ0v) is 26.3. The first kappa shape index (κ1) is 33.2. The normalized spacial score (nSPS) is 12.7. The van der Waals surface area contributed by atoms with Gasteiger partial charge >= 0.3 is 12.0 Å². The third kappa shape index (κ3) is 11.1. The molecular weight excluding hydrogens is 542 g/mol. The maximum Gasteiger partial charge on any atom is 0.329 e. The summed E-state index contributed by atoms with van der Waals surface area (Å²) < 4.78 is 11.5. The lowest BCUT2D eigenvalue weighted by Gasteiger charge is -2.27. The first-order valence-electron chi connectivity index (χ1n) is 14.7. The van der Waals surface area contributed by atoms with Gasteiger partial charge in [0.25, 0.3) is 0 Å². The van der Waals surface area contributed by atoms with Crippen molar-refractivity contribution >= 4 is 23.6 Å². The highest BCUT2D eigenvalue weighted by atomic mass is 16.6. The van der Waals surface area contributed by atoms with E-state index in [1.54, 1.807) is 20.8 Å². The summed E-state index contributed by atoms with van der Waals surface area (Å²) in [6, 6.07) is 20.7. The van der Waals surface area contributed by atoms with Gasteiger partial charge in [0, 0.05) is 12.1 Å². The fourth-order valence-corrected chi connectivity index (χ4v) is 4.56. The Hall–Kier alpha value is -4.33. The zero-order valence-electron chi connectivity index (χ0n) is 26.3. The molecule has 8 heteroatoms. The van der Waals surface area contributed by atoms with E-state index in [4.69, 9.17) is 9.47 Å². The molecular formula is C35H45N3O5. The van der Waals surface area contributed by atoms with Crippen LogP contribution in [-0.4, -0.2) is 35.6 Å². The van der Waals surface area contributed by atoms with Gasteiger partial charge in [-0.25, -0.2) is 9.59 Å². The van der Waals surface area contributed by atoms with Gasteiger partial charge in [-0.2, -0.15) is 0 Å². The maximum atomic E-state index is 13.6. The van der Waals surface area contributed by atoms with E-state index in [0.717, 1.165) is 22.3 Å². The molecule has 0 saturated carbocycles.